The number of benzene rings is 2. The molecule has 0 aliphatic rings. The minimum Gasteiger partial charge on any atom is -0.507 e. The Morgan fingerprint density at radius 1 is 1.05 bits per heavy atom. The molecule has 0 heterocycles. The number of thiocarbonyl (C=S) groups is 1. The van der Waals surface area contributed by atoms with Crippen LogP contribution >= 0.6 is 12.2 Å². The third-order valence-corrected chi connectivity index (χ3v) is 3.31. The molecule has 0 saturated carbocycles. The summed E-state index contributed by atoms with van der Waals surface area (Å²) in [5.74, 6) is -0.701. The van der Waals surface area contributed by atoms with Crippen molar-refractivity contribution in [1.82, 2.24) is 0 Å². The molecule has 2 aromatic rings. The molecule has 2 aromatic carbocycles. The summed E-state index contributed by atoms with van der Waals surface area (Å²) < 4.78 is 0. The van der Waals surface area contributed by atoms with Crippen molar-refractivity contribution in [3.63, 3.8) is 0 Å². The summed E-state index contributed by atoms with van der Waals surface area (Å²) in [4.78, 5) is 0.574. The monoisotopic (exact) mass is 286 g/mol. The van der Waals surface area contributed by atoms with Crippen molar-refractivity contribution in [1.29, 1.82) is 0 Å². The molecule has 0 aliphatic heterocycles. The first-order valence-corrected chi connectivity index (χ1v) is 6.43. The largest absolute Gasteiger partial charge is 0.507 e. The van der Waals surface area contributed by atoms with Gasteiger partial charge in [0, 0.05) is 4.86 Å². The van der Waals surface area contributed by atoms with E-state index < -0.39 is 0 Å². The van der Waals surface area contributed by atoms with E-state index in [1.807, 2.05) is 30.3 Å². The zero-order valence-electron chi connectivity index (χ0n) is 10.9. The lowest BCUT2D eigenvalue weighted by molar-refractivity contribution is 0.392. The first-order valence-electron chi connectivity index (χ1n) is 6.02. The fourth-order valence-electron chi connectivity index (χ4n) is 1.81. The average Bonchev–Trinajstić information content (AvgIpc) is 2.45. The molecule has 0 aliphatic carbocycles. The van der Waals surface area contributed by atoms with Gasteiger partial charge in [0.2, 0.25) is 0 Å². The van der Waals surface area contributed by atoms with E-state index in [1.54, 1.807) is 13.0 Å². The van der Waals surface area contributed by atoms with Gasteiger partial charge in [0.25, 0.3) is 0 Å². The number of aryl methyl sites for hydroxylation is 1. The molecule has 3 nitrogen and oxygen atoms in total. The molecule has 0 amide bonds. The van der Waals surface area contributed by atoms with Gasteiger partial charge in [-0.15, -0.1) is 0 Å². The number of hydrogen-bond acceptors (Lipinski definition) is 4. The fourth-order valence-corrected chi connectivity index (χ4v) is 2.01. The van der Waals surface area contributed by atoms with E-state index in [9.17, 15) is 15.3 Å². The van der Waals surface area contributed by atoms with Crippen LogP contribution in [0.1, 0.15) is 16.7 Å². The van der Waals surface area contributed by atoms with Gasteiger partial charge in [0.05, 0.1) is 5.56 Å². The van der Waals surface area contributed by atoms with Crippen LogP contribution in [0.15, 0.2) is 42.5 Å². The average molecular weight is 286 g/mol. The number of rotatable bonds is 3. The number of phenolic OH excluding ortho intramolecular Hbond substituents is 3. The first-order chi connectivity index (χ1) is 9.50. The molecule has 0 spiro atoms. The lowest BCUT2D eigenvalue weighted by atomic mass is 10.1. The van der Waals surface area contributed by atoms with Gasteiger partial charge in [-0.1, -0.05) is 42.5 Å². The van der Waals surface area contributed by atoms with Crippen LogP contribution in [0.5, 0.6) is 17.2 Å². The molecule has 0 atom stereocenters. The maximum Gasteiger partial charge on any atom is 0.168 e. The van der Waals surface area contributed by atoms with Crippen molar-refractivity contribution in [2.45, 2.75) is 6.92 Å². The lowest BCUT2D eigenvalue weighted by Gasteiger charge is -2.07. The van der Waals surface area contributed by atoms with Crippen molar-refractivity contribution in [2.24, 2.45) is 0 Å². The third-order valence-electron chi connectivity index (χ3n) is 2.94. The highest BCUT2D eigenvalue weighted by molar-refractivity contribution is 7.81. The molecule has 20 heavy (non-hydrogen) atoms. The quantitative estimate of drug-likeness (QED) is 0.265. The van der Waals surface area contributed by atoms with Crippen LogP contribution in [0.4, 0.5) is 0 Å². The Morgan fingerprint density at radius 3 is 2.35 bits per heavy atom. The normalized spacial score (nSPS) is 10.8. The summed E-state index contributed by atoms with van der Waals surface area (Å²) in [6.07, 6.45) is 3.09. The zero-order valence-corrected chi connectivity index (χ0v) is 11.7. The van der Waals surface area contributed by atoms with Gasteiger partial charge in [0.15, 0.2) is 11.5 Å². The Kier molecular flexibility index (Phi) is 4.05. The molecule has 3 N–H and O–H groups in total. The van der Waals surface area contributed by atoms with E-state index in [0.717, 1.165) is 5.56 Å². The summed E-state index contributed by atoms with van der Waals surface area (Å²) in [6, 6.07) is 10.8. The number of hydrogen-bond donors (Lipinski definition) is 3. The zero-order chi connectivity index (χ0) is 14.7. The molecule has 4 heteroatoms. The molecule has 0 aromatic heterocycles. The Morgan fingerprint density at radius 2 is 1.70 bits per heavy atom. The van der Waals surface area contributed by atoms with Crippen molar-refractivity contribution < 1.29 is 15.3 Å². The van der Waals surface area contributed by atoms with Gasteiger partial charge in [0.1, 0.15) is 5.75 Å². The van der Waals surface area contributed by atoms with Gasteiger partial charge < -0.3 is 15.3 Å². The Bertz CT molecular complexity index is 676. The number of aromatic hydroxyl groups is 3. The van der Waals surface area contributed by atoms with Gasteiger partial charge in [-0.3, -0.25) is 0 Å². The standard InChI is InChI=1S/C16H14O3S/c1-10-9-13(17)12(16(19)15(10)18)7-8-14(20)11-5-3-2-4-6-11/h2-9,17-19H,1H3. The van der Waals surface area contributed by atoms with E-state index in [4.69, 9.17) is 12.2 Å². The minimum absolute atomic E-state index is 0.107. The molecular formula is C16H14O3S. The second kappa shape index (κ2) is 5.75. The summed E-state index contributed by atoms with van der Waals surface area (Å²) in [5.41, 5.74) is 1.42. The second-order valence-corrected chi connectivity index (χ2v) is 4.83. The van der Waals surface area contributed by atoms with Crippen LogP contribution in [0.2, 0.25) is 0 Å². The Labute approximate surface area is 122 Å². The Balaban J connectivity index is 2.33. The van der Waals surface area contributed by atoms with E-state index >= 15 is 0 Å². The van der Waals surface area contributed by atoms with Gasteiger partial charge >= 0.3 is 0 Å². The minimum atomic E-state index is -0.352. The SMILES string of the molecule is Cc1cc(O)c(C=CC(=S)c2ccccc2)c(O)c1O. The Hall–Kier alpha value is -2.33. The van der Waals surface area contributed by atoms with Crippen LogP contribution in [0.25, 0.3) is 6.08 Å². The smallest absolute Gasteiger partial charge is 0.168 e. The predicted octanol–water partition coefficient (Wildman–Crippen LogP) is 3.54. The number of phenols is 3. The lowest BCUT2D eigenvalue weighted by Crippen LogP contribution is -1.91. The highest BCUT2D eigenvalue weighted by Gasteiger charge is 2.12. The van der Waals surface area contributed by atoms with Crippen molar-refractivity contribution in [3.8, 4) is 17.2 Å². The maximum absolute atomic E-state index is 9.84. The second-order valence-electron chi connectivity index (χ2n) is 4.39. The third kappa shape index (κ3) is 2.81. The highest BCUT2D eigenvalue weighted by atomic mass is 32.1. The van der Waals surface area contributed by atoms with Gasteiger partial charge in [-0.05, 0) is 36.3 Å². The van der Waals surface area contributed by atoms with E-state index in [0.29, 0.717) is 10.4 Å². The van der Waals surface area contributed by atoms with E-state index in [-0.39, 0.29) is 22.8 Å². The summed E-state index contributed by atoms with van der Waals surface area (Å²) in [7, 11) is 0. The van der Waals surface area contributed by atoms with E-state index in [2.05, 4.69) is 0 Å². The van der Waals surface area contributed by atoms with Crippen LogP contribution in [-0.4, -0.2) is 20.2 Å². The topological polar surface area (TPSA) is 60.7 Å². The number of allylic oxidation sites excluding steroid dienone is 1. The van der Waals surface area contributed by atoms with Crippen LogP contribution < -0.4 is 0 Å². The summed E-state index contributed by atoms with van der Waals surface area (Å²) in [5, 5.41) is 29.3. The molecule has 2 rings (SSSR count). The van der Waals surface area contributed by atoms with Crippen LogP contribution in [0.3, 0.4) is 0 Å². The molecule has 0 fully saturated rings. The van der Waals surface area contributed by atoms with Crippen molar-refractivity contribution in [2.75, 3.05) is 0 Å². The fraction of sp³-hybridized carbons (Fsp3) is 0.0625. The molecule has 0 unspecified atom stereocenters. The molecule has 0 radical (unpaired) electrons. The van der Waals surface area contributed by atoms with E-state index in [1.165, 1.54) is 12.1 Å². The maximum atomic E-state index is 9.84. The van der Waals surface area contributed by atoms with Gasteiger partial charge in [-0.25, -0.2) is 0 Å². The summed E-state index contributed by atoms with van der Waals surface area (Å²) in [6.45, 7) is 1.59. The van der Waals surface area contributed by atoms with Crippen molar-refractivity contribution in [3.05, 3.63) is 59.2 Å². The molecule has 102 valence electrons. The first kappa shape index (κ1) is 14.1. The van der Waals surface area contributed by atoms with Crippen LogP contribution in [-0.2, 0) is 0 Å². The molecule has 0 saturated heterocycles. The summed E-state index contributed by atoms with van der Waals surface area (Å²) >= 11 is 5.25. The highest BCUT2D eigenvalue weighted by Crippen LogP contribution is 2.39. The molecular weight excluding hydrogens is 272 g/mol. The van der Waals surface area contributed by atoms with Crippen LogP contribution in [0, 0.1) is 6.92 Å². The molecule has 0 bridgehead atoms. The van der Waals surface area contributed by atoms with Gasteiger partial charge in [-0.2, -0.15) is 0 Å². The predicted molar refractivity (Wildman–Crippen MR) is 83.3 cm³/mol. The van der Waals surface area contributed by atoms with Crippen molar-refractivity contribution >= 4 is 23.2 Å².